The Morgan fingerprint density at radius 1 is 1.30 bits per heavy atom. The minimum atomic E-state index is -0.743. The molecule has 1 aliphatic carbocycles. The molecular formula is C15H28N2O3. The average molecular weight is 284 g/mol. The molecule has 0 saturated heterocycles. The highest BCUT2D eigenvalue weighted by Crippen LogP contribution is 2.27. The van der Waals surface area contributed by atoms with Gasteiger partial charge >= 0.3 is 5.97 Å². The molecule has 2 atom stereocenters. The lowest BCUT2D eigenvalue weighted by Gasteiger charge is -2.28. The summed E-state index contributed by atoms with van der Waals surface area (Å²) in [6.45, 7) is 4.87. The molecule has 0 heterocycles. The van der Waals surface area contributed by atoms with Crippen molar-refractivity contribution in [1.29, 1.82) is 0 Å². The van der Waals surface area contributed by atoms with E-state index in [0.29, 0.717) is 19.4 Å². The summed E-state index contributed by atoms with van der Waals surface area (Å²) < 4.78 is 0. The van der Waals surface area contributed by atoms with Crippen LogP contribution in [0.5, 0.6) is 0 Å². The average Bonchev–Trinajstić information content (AvgIpc) is 2.37. The molecule has 1 amide bonds. The first kappa shape index (κ1) is 17.0. The van der Waals surface area contributed by atoms with Crippen molar-refractivity contribution in [2.45, 2.75) is 64.8 Å². The minimum Gasteiger partial charge on any atom is -0.481 e. The quantitative estimate of drug-likeness (QED) is 0.665. The van der Waals surface area contributed by atoms with Crippen molar-refractivity contribution in [3.8, 4) is 0 Å². The molecule has 1 saturated carbocycles. The zero-order valence-corrected chi connectivity index (χ0v) is 12.7. The zero-order valence-electron chi connectivity index (χ0n) is 12.7. The summed E-state index contributed by atoms with van der Waals surface area (Å²) in [6, 6.07) is 0.0231. The lowest BCUT2D eigenvalue weighted by atomic mass is 9.83. The molecule has 116 valence electrons. The third kappa shape index (κ3) is 5.90. The molecule has 2 unspecified atom stereocenters. The molecule has 1 fully saturated rings. The Morgan fingerprint density at radius 2 is 2.00 bits per heavy atom. The summed E-state index contributed by atoms with van der Waals surface area (Å²) in [7, 11) is 0. The van der Waals surface area contributed by atoms with Crippen LogP contribution in [0.25, 0.3) is 0 Å². The molecular weight excluding hydrogens is 256 g/mol. The fourth-order valence-electron chi connectivity index (χ4n) is 2.81. The molecule has 5 nitrogen and oxygen atoms in total. The second-order valence-corrected chi connectivity index (χ2v) is 6.67. The number of carboxylic acids is 1. The van der Waals surface area contributed by atoms with Gasteiger partial charge in [-0.1, -0.05) is 20.3 Å². The summed E-state index contributed by atoms with van der Waals surface area (Å²) in [5.41, 5.74) is 5.64. The number of rotatable bonds is 7. The Hall–Kier alpha value is -1.10. The SMILES string of the molecule is CC(C)(CCN)CCC(=O)NC1CCCC(C(=O)O)C1. The van der Waals surface area contributed by atoms with Gasteiger partial charge in [-0.15, -0.1) is 0 Å². The van der Waals surface area contributed by atoms with Crippen molar-refractivity contribution in [2.75, 3.05) is 6.54 Å². The van der Waals surface area contributed by atoms with Crippen molar-refractivity contribution < 1.29 is 14.7 Å². The lowest BCUT2D eigenvalue weighted by molar-refractivity contribution is -0.143. The highest BCUT2D eigenvalue weighted by atomic mass is 16.4. The number of aliphatic carboxylic acids is 1. The Kier molecular flexibility index (Phi) is 6.46. The molecule has 5 heteroatoms. The number of nitrogens with one attached hydrogen (secondary N) is 1. The van der Waals surface area contributed by atoms with E-state index < -0.39 is 5.97 Å². The predicted molar refractivity (Wildman–Crippen MR) is 78.2 cm³/mol. The maximum absolute atomic E-state index is 11.9. The molecule has 0 aromatic carbocycles. The molecule has 1 rings (SSSR count). The summed E-state index contributed by atoms with van der Waals surface area (Å²) >= 11 is 0. The van der Waals surface area contributed by atoms with Crippen LogP contribution in [0, 0.1) is 11.3 Å². The number of carboxylic acid groups (broad SMARTS) is 1. The third-order valence-electron chi connectivity index (χ3n) is 4.24. The van der Waals surface area contributed by atoms with Gasteiger partial charge in [-0.25, -0.2) is 0 Å². The summed E-state index contributed by atoms with van der Waals surface area (Å²) in [5.74, 6) is -1.01. The van der Waals surface area contributed by atoms with Crippen LogP contribution in [0.4, 0.5) is 0 Å². The topological polar surface area (TPSA) is 92.4 Å². The van der Waals surface area contributed by atoms with Gasteiger partial charge in [0.25, 0.3) is 0 Å². The van der Waals surface area contributed by atoms with Crippen LogP contribution in [0.2, 0.25) is 0 Å². The Balaban J connectivity index is 2.33. The van der Waals surface area contributed by atoms with Crippen LogP contribution in [-0.4, -0.2) is 29.6 Å². The molecule has 0 aromatic rings. The van der Waals surface area contributed by atoms with Gasteiger partial charge < -0.3 is 16.2 Å². The second kappa shape index (κ2) is 7.62. The van der Waals surface area contributed by atoms with Gasteiger partial charge in [0, 0.05) is 12.5 Å². The number of amides is 1. The van der Waals surface area contributed by atoms with Crippen molar-refractivity contribution in [2.24, 2.45) is 17.1 Å². The monoisotopic (exact) mass is 284 g/mol. The van der Waals surface area contributed by atoms with Crippen LogP contribution in [-0.2, 0) is 9.59 Å². The maximum Gasteiger partial charge on any atom is 0.306 e. The van der Waals surface area contributed by atoms with Gasteiger partial charge in [-0.2, -0.15) is 0 Å². The summed E-state index contributed by atoms with van der Waals surface area (Å²) in [6.07, 6.45) is 5.26. The molecule has 20 heavy (non-hydrogen) atoms. The number of carbonyl (C=O) groups excluding carboxylic acids is 1. The number of hydrogen-bond acceptors (Lipinski definition) is 3. The molecule has 4 N–H and O–H groups in total. The van der Waals surface area contributed by atoms with Crippen LogP contribution in [0.1, 0.15) is 58.8 Å². The van der Waals surface area contributed by atoms with E-state index in [2.05, 4.69) is 19.2 Å². The van der Waals surface area contributed by atoms with E-state index in [-0.39, 0.29) is 23.3 Å². The normalized spacial score (nSPS) is 23.4. The van der Waals surface area contributed by atoms with Crippen LogP contribution < -0.4 is 11.1 Å². The van der Waals surface area contributed by atoms with Crippen molar-refractivity contribution in [3.05, 3.63) is 0 Å². The van der Waals surface area contributed by atoms with E-state index in [4.69, 9.17) is 10.8 Å². The van der Waals surface area contributed by atoms with E-state index in [0.717, 1.165) is 32.1 Å². The van der Waals surface area contributed by atoms with Crippen LogP contribution in [0.15, 0.2) is 0 Å². The Labute approximate surface area is 121 Å². The highest BCUT2D eigenvalue weighted by Gasteiger charge is 2.28. The smallest absolute Gasteiger partial charge is 0.306 e. The van der Waals surface area contributed by atoms with Crippen molar-refractivity contribution in [3.63, 3.8) is 0 Å². The standard InChI is InChI=1S/C15H28N2O3/c1-15(2,8-9-16)7-6-13(18)17-12-5-3-4-11(10-12)14(19)20/h11-12H,3-10,16H2,1-2H3,(H,17,18)(H,19,20). The lowest BCUT2D eigenvalue weighted by Crippen LogP contribution is -2.40. The van der Waals surface area contributed by atoms with E-state index in [1.807, 2.05) is 0 Å². The van der Waals surface area contributed by atoms with Gasteiger partial charge in [0.2, 0.25) is 5.91 Å². The largest absolute Gasteiger partial charge is 0.481 e. The number of carbonyl (C=O) groups is 2. The first-order chi connectivity index (χ1) is 9.34. The molecule has 1 aliphatic rings. The van der Waals surface area contributed by atoms with Crippen LogP contribution in [0.3, 0.4) is 0 Å². The van der Waals surface area contributed by atoms with E-state index >= 15 is 0 Å². The van der Waals surface area contributed by atoms with Gasteiger partial charge in [0.15, 0.2) is 0 Å². The first-order valence-electron chi connectivity index (χ1n) is 7.56. The van der Waals surface area contributed by atoms with Gasteiger partial charge in [0.1, 0.15) is 0 Å². The molecule has 0 aliphatic heterocycles. The second-order valence-electron chi connectivity index (χ2n) is 6.67. The fraction of sp³-hybridized carbons (Fsp3) is 0.867. The molecule has 0 aromatic heterocycles. The number of nitrogens with two attached hydrogens (primary N) is 1. The van der Waals surface area contributed by atoms with E-state index in [9.17, 15) is 9.59 Å². The zero-order chi connectivity index (χ0) is 15.2. The molecule has 0 radical (unpaired) electrons. The maximum atomic E-state index is 11.9. The minimum absolute atomic E-state index is 0.0231. The Morgan fingerprint density at radius 3 is 2.60 bits per heavy atom. The van der Waals surface area contributed by atoms with Crippen molar-refractivity contribution >= 4 is 11.9 Å². The fourth-order valence-corrected chi connectivity index (χ4v) is 2.81. The number of hydrogen-bond donors (Lipinski definition) is 3. The Bertz CT molecular complexity index is 342. The van der Waals surface area contributed by atoms with Gasteiger partial charge in [0.05, 0.1) is 5.92 Å². The molecule has 0 spiro atoms. The van der Waals surface area contributed by atoms with Gasteiger partial charge in [-0.3, -0.25) is 9.59 Å². The highest BCUT2D eigenvalue weighted by molar-refractivity contribution is 5.76. The van der Waals surface area contributed by atoms with Gasteiger partial charge in [-0.05, 0) is 44.1 Å². The third-order valence-corrected chi connectivity index (χ3v) is 4.24. The van der Waals surface area contributed by atoms with E-state index in [1.54, 1.807) is 0 Å². The van der Waals surface area contributed by atoms with Crippen molar-refractivity contribution in [1.82, 2.24) is 5.32 Å². The predicted octanol–water partition coefficient (Wildman–Crippen LogP) is 1.90. The summed E-state index contributed by atoms with van der Waals surface area (Å²) in [5, 5.41) is 12.0. The van der Waals surface area contributed by atoms with E-state index in [1.165, 1.54) is 0 Å². The molecule has 0 bridgehead atoms. The summed E-state index contributed by atoms with van der Waals surface area (Å²) in [4.78, 5) is 22.9. The first-order valence-corrected chi connectivity index (χ1v) is 7.56. The van der Waals surface area contributed by atoms with Crippen LogP contribution >= 0.6 is 0 Å².